The molecule has 9 heteroatoms. The molecule has 3 fully saturated rings. The van der Waals surface area contributed by atoms with Crippen molar-refractivity contribution in [2.24, 2.45) is 0 Å². The monoisotopic (exact) mass is 700 g/mol. The number of rotatable bonds is 18. The molecule has 3 saturated heterocycles. The van der Waals surface area contributed by atoms with Gasteiger partial charge in [-0.15, -0.1) is 6.58 Å². The van der Waals surface area contributed by atoms with Crippen LogP contribution in [0.15, 0.2) is 116 Å². The first kappa shape index (κ1) is 37.4. The molecular formula is C42H52O9. The van der Waals surface area contributed by atoms with Gasteiger partial charge >= 0.3 is 0 Å². The molecule has 3 aromatic rings. The van der Waals surface area contributed by atoms with E-state index in [4.69, 9.17) is 42.6 Å². The van der Waals surface area contributed by atoms with Gasteiger partial charge in [-0.3, -0.25) is 0 Å². The van der Waals surface area contributed by atoms with Crippen molar-refractivity contribution < 1.29 is 42.6 Å². The summed E-state index contributed by atoms with van der Waals surface area (Å²) < 4.78 is 57.5. The molecule has 51 heavy (non-hydrogen) atoms. The van der Waals surface area contributed by atoms with Crippen molar-refractivity contribution in [1.82, 2.24) is 0 Å². The zero-order valence-electron chi connectivity index (χ0n) is 30.2. The zero-order valence-corrected chi connectivity index (χ0v) is 30.2. The molecule has 6 rings (SSSR count). The summed E-state index contributed by atoms with van der Waals surface area (Å²) in [5.41, 5.74) is 3.13. The fraction of sp³-hybridized carbons (Fsp3) is 0.476. The van der Waals surface area contributed by atoms with Gasteiger partial charge in [0, 0.05) is 6.42 Å². The zero-order chi connectivity index (χ0) is 35.8. The van der Waals surface area contributed by atoms with Crippen molar-refractivity contribution in [2.75, 3.05) is 6.61 Å². The second-order valence-electron chi connectivity index (χ2n) is 14.2. The lowest BCUT2D eigenvalue weighted by Gasteiger charge is -2.37. The lowest BCUT2D eigenvalue weighted by atomic mass is 9.95. The summed E-state index contributed by atoms with van der Waals surface area (Å²) >= 11 is 0. The van der Waals surface area contributed by atoms with E-state index in [0.29, 0.717) is 38.4 Å². The van der Waals surface area contributed by atoms with Crippen LogP contribution in [-0.4, -0.2) is 67.2 Å². The van der Waals surface area contributed by atoms with Crippen LogP contribution in [0.4, 0.5) is 0 Å². The molecule has 9 nitrogen and oxygen atoms in total. The highest BCUT2D eigenvalue weighted by Crippen LogP contribution is 2.45. The van der Waals surface area contributed by atoms with Crippen molar-refractivity contribution in [1.29, 1.82) is 0 Å². The Hall–Kier alpha value is -3.38. The minimum Gasteiger partial charge on any atom is -0.490 e. The molecule has 3 aromatic carbocycles. The molecule has 3 heterocycles. The van der Waals surface area contributed by atoms with Crippen LogP contribution in [0.25, 0.3) is 0 Å². The first-order valence-corrected chi connectivity index (χ1v) is 17.9. The summed E-state index contributed by atoms with van der Waals surface area (Å²) in [6.07, 6.45) is -0.793. The second-order valence-corrected chi connectivity index (χ2v) is 14.2. The Balaban J connectivity index is 1.18. The fourth-order valence-corrected chi connectivity index (χ4v) is 6.81. The van der Waals surface area contributed by atoms with Crippen molar-refractivity contribution in [3.8, 4) is 0 Å². The van der Waals surface area contributed by atoms with Gasteiger partial charge in [-0.25, -0.2) is 0 Å². The Morgan fingerprint density at radius 1 is 0.706 bits per heavy atom. The van der Waals surface area contributed by atoms with Crippen LogP contribution in [0.3, 0.4) is 0 Å². The number of hydrogen-bond acceptors (Lipinski definition) is 9. The molecule has 0 radical (unpaired) electrons. The van der Waals surface area contributed by atoms with Crippen LogP contribution in [0.5, 0.6) is 0 Å². The lowest BCUT2D eigenvalue weighted by molar-refractivity contribution is -0.235. The highest BCUT2D eigenvalue weighted by Gasteiger charge is 2.60. The quantitative estimate of drug-likeness (QED) is 0.0983. The van der Waals surface area contributed by atoms with Gasteiger partial charge in [0.2, 0.25) is 0 Å². The highest BCUT2D eigenvalue weighted by molar-refractivity contribution is 5.15. The van der Waals surface area contributed by atoms with Gasteiger partial charge in [0.1, 0.15) is 30.5 Å². The van der Waals surface area contributed by atoms with E-state index in [1.165, 1.54) is 0 Å². The molecule has 3 aliphatic rings. The van der Waals surface area contributed by atoms with Gasteiger partial charge in [-0.1, -0.05) is 104 Å². The largest absolute Gasteiger partial charge is 0.490 e. The molecule has 0 amide bonds. The van der Waals surface area contributed by atoms with E-state index < -0.39 is 36.2 Å². The molecule has 0 N–H and O–H groups in total. The molecule has 0 aromatic heterocycles. The van der Waals surface area contributed by atoms with Crippen LogP contribution in [-0.2, 0) is 62.5 Å². The molecule has 0 saturated carbocycles. The summed E-state index contributed by atoms with van der Waals surface area (Å²) in [5, 5.41) is 0. The minimum atomic E-state index is -0.788. The maximum Gasteiger partial charge on any atom is 0.190 e. The van der Waals surface area contributed by atoms with Crippen molar-refractivity contribution in [2.45, 2.75) is 121 Å². The summed E-state index contributed by atoms with van der Waals surface area (Å²) in [5.74, 6) is -1.00. The van der Waals surface area contributed by atoms with Crippen LogP contribution in [0.2, 0.25) is 0 Å². The molecule has 3 aliphatic heterocycles. The molecule has 8 atom stereocenters. The Morgan fingerprint density at radius 3 is 1.84 bits per heavy atom. The molecule has 0 aliphatic carbocycles. The predicted molar refractivity (Wildman–Crippen MR) is 192 cm³/mol. The number of ether oxygens (including phenoxy) is 9. The van der Waals surface area contributed by atoms with Crippen LogP contribution in [0, 0.1) is 0 Å². The van der Waals surface area contributed by atoms with E-state index in [-0.39, 0.29) is 31.0 Å². The smallest absolute Gasteiger partial charge is 0.190 e. The Morgan fingerprint density at radius 2 is 1.24 bits per heavy atom. The van der Waals surface area contributed by atoms with Crippen LogP contribution < -0.4 is 0 Å². The maximum atomic E-state index is 6.68. The average molecular weight is 701 g/mol. The molecule has 0 bridgehead atoms. The Labute approximate surface area is 302 Å². The van der Waals surface area contributed by atoms with E-state index in [1.807, 2.05) is 119 Å². The third kappa shape index (κ3) is 10.2. The van der Waals surface area contributed by atoms with Gasteiger partial charge in [0.15, 0.2) is 24.0 Å². The second kappa shape index (κ2) is 17.0. The van der Waals surface area contributed by atoms with Crippen LogP contribution >= 0.6 is 0 Å². The Bertz CT molecular complexity index is 1530. The van der Waals surface area contributed by atoms with E-state index in [0.717, 1.165) is 16.7 Å². The van der Waals surface area contributed by atoms with Gasteiger partial charge in [0.05, 0.1) is 38.3 Å². The van der Waals surface area contributed by atoms with Crippen molar-refractivity contribution in [3.63, 3.8) is 0 Å². The van der Waals surface area contributed by atoms with Gasteiger partial charge < -0.3 is 42.6 Å². The number of hydrogen-bond donors (Lipinski definition) is 0. The van der Waals surface area contributed by atoms with Gasteiger partial charge in [0.25, 0.3) is 0 Å². The molecule has 0 unspecified atom stereocenters. The number of allylic oxidation sites excluding steroid dienone is 1. The first-order chi connectivity index (χ1) is 24.6. The Kier molecular flexibility index (Phi) is 12.4. The summed E-state index contributed by atoms with van der Waals surface area (Å²) in [6, 6.07) is 30.1. The van der Waals surface area contributed by atoms with Gasteiger partial charge in [-0.2, -0.15) is 0 Å². The number of benzene rings is 3. The molecule has 0 spiro atoms. The minimum absolute atomic E-state index is 0.228. The SMILES string of the molecule is C=C[C@H](OCc1ccccc1)[C@@H](OCc1ccccc1)[C@@H](COCc1ccccc1)OC(=C)CC[C@H]1O[C@@H]2OC(C)(C)O[C@@H]2[C@H]2OC(C)(C)O[C@H]21. The standard InChI is InChI=1S/C42H52O9/c1-7-33(44-26-31-19-13-9-14-20-31)36(45-27-32-21-15-10-16-22-32)35(28-43-25-30-17-11-8-12-18-30)46-29(2)23-24-34-37-38(49-41(3,4)48-37)39-40(47-34)51-42(5,6)50-39/h7-22,33-40H,1-2,23-28H2,3-6H3/t33-,34+,35+,36+,37-,38-,39+,40+/m0/s1. The normalized spacial score (nSPS) is 26.4. The van der Waals surface area contributed by atoms with Gasteiger partial charge in [-0.05, 0) is 50.8 Å². The number of fused-ring (bicyclic) bond motifs is 3. The fourth-order valence-electron chi connectivity index (χ4n) is 6.81. The maximum absolute atomic E-state index is 6.68. The average Bonchev–Trinajstić information content (AvgIpc) is 3.63. The summed E-state index contributed by atoms with van der Waals surface area (Å²) in [7, 11) is 0. The van der Waals surface area contributed by atoms with E-state index in [2.05, 4.69) is 13.2 Å². The molecule has 274 valence electrons. The van der Waals surface area contributed by atoms with Crippen molar-refractivity contribution >= 4 is 0 Å². The highest BCUT2D eigenvalue weighted by atomic mass is 16.9. The third-order valence-electron chi connectivity index (χ3n) is 9.16. The topological polar surface area (TPSA) is 83.1 Å². The van der Waals surface area contributed by atoms with Crippen LogP contribution in [0.1, 0.15) is 57.2 Å². The van der Waals surface area contributed by atoms with E-state index in [1.54, 1.807) is 6.08 Å². The molecular weight excluding hydrogens is 648 g/mol. The predicted octanol–water partition coefficient (Wildman–Crippen LogP) is 7.64. The van der Waals surface area contributed by atoms with E-state index in [9.17, 15) is 0 Å². The lowest BCUT2D eigenvalue weighted by Crippen LogP contribution is -2.54. The van der Waals surface area contributed by atoms with Crippen molar-refractivity contribution in [3.05, 3.63) is 133 Å². The summed E-state index contributed by atoms with van der Waals surface area (Å²) in [6.45, 7) is 17.4. The summed E-state index contributed by atoms with van der Waals surface area (Å²) in [4.78, 5) is 0. The first-order valence-electron chi connectivity index (χ1n) is 17.9. The third-order valence-corrected chi connectivity index (χ3v) is 9.16. The van der Waals surface area contributed by atoms with E-state index >= 15 is 0 Å².